The van der Waals surface area contributed by atoms with E-state index in [1.54, 1.807) is 0 Å². The van der Waals surface area contributed by atoms with Crippen LogP contribution in [0.2, 0.25) is 0 Å². The summed E-state index contributed by atoms with van der Waals surface area (Å²) in [6.45, 7) is 4.42. The molecule has 0 aromatic carbocycles. The Balaban J connectivity index is 0. The molecule has 1 heteroatoms. The average molecular weight is 149 g/mol. The molecule has 6 heavy (non-hydrogen) atoms. The Morgan fingerprint density at radius 3 is 1.33 bits per heavy atom. The monoisotopic (exact) mass is 150 g/mol. The molecular weight excluding hydrogens is 133 g/mol. The minimum atomic E-state index is 0. The summed E-state index contributed by atoms with van der Waals surface area (Å²) in [5.74, 6) is 0. The summed E-state index contributed by atoms with van der Waals surface area (Å²) in [6, 6.07) is 0. The summed E-state index contributed by atoms with van der Waals surface area (Å²) in [7, 11) is 0. The fraction of sp³-hybridized carbons (Fsp3) is 1.00. The molecule has 0 spiro atoms. The van der Waals surface area contributed by atoms with Crippen LogP contribution in [0.3, 0.4) is 0 Å². The Kier molecular flexibility index (Phi) is 14.8. The summed E-state index contributed by atoms with van der Waals surface area (Å²) in [5.41, 5.74) is 0. The van der Waals surface area contributed by atoms with Crippen LogP contribution in [0.15, 0.2) is 0 Å². The molecule has 0 aliphatic carbocycles. The summed E-state index contributed by atoms with van der Waals surface area (Å²) in [4.78, 5) is 0. The van der Waals surface area contributed by atoms with Gasteiger partial charge in [-0.2, -0.15) is 0 Å². The van der Waals surface area contributed by atoms with E-state index in [1.807, 2.05) is 0 Å². The third-order valence-electron chi connectivity index (χ3n) is 0.707. The van der Waals surface area contributed by atoms with Crippen LogP contribution in [0.25, 0.3) is 0 Å². The first-order valence-electron chi connectivity index (χ1n) is 2.41. The molecule has 0 N–H and O–H groups in total. The Bertz CT molecular complexity index is 11.4. The molecule has 0 saturated carbocycles. The van der Waals surface area contributed by atoms with E-state index in [4.69, 9.17) is 0 Å². The molecule has 0 radical (unpaired) electrons. The van der Waals surface area contributed by atoms with Crippen LogP contribution in [-0.2, 0) is 0 Å². The average Bonchev–Trinajstić information content (AvgIpc) is 1.41. The zero-order chi connectivity index (χ0) is 4.12. The molecule has 0 rings (SSSR count). The van der Waals surface area contributed by atoms with Crippen molar-refractivity contribution in [1.82, 2.24) is 0 Å². The SMILES string of the molecule is CCCCC.[GeH4]. The third kappa shape index (κ3) is 8.82. The molecular formula is C5H16Ge. The van der Waals surface area contributed by atoms with Gasteiger partial charge in [-0.05, 0) is 0 Å². The van der Waals surface area contributed by atoms with Crippen molar-refractivity contribution in [3.05, 3.63) is 0 Å². The summed E-state index contributed by atoms with van der Waals surface area (Å²) in [6.07, 6.45) is 4.08. The van der Waals surface area contributed by atoms with Gasteiger partial charge in [0.15, 0.2) is 0 Å². The van der Waals surface area contributed by atoms with Gasteiger partial charge in [-0.15, -0.1) is 0 Å². The van der Waals surface area contributed by atoms with Gasteiger partial charge in [-0.3, -0.25) is 0 Å². The van der Waals surface area contributed by atoms with Crippen LogP contribution < -0.4 is 0 Å². The second-order valence-electron chi connectivity index (χ2n) is 1.35. The van der Waals surface area contributed by atoms with E-state index < -0.39 is 0 Å². The van der Waals surface area contributed by atoms with Gasteiger partial charge in [0.2, 0.25) is 0 Å². The van der Waals surface area contributed by atoms with Gasteiger partial charge in [0.1, 0.15) is 0 Å². The minimum absolute atomic E-state index is 0. The first kappa shape index (κ1) is 9.74. The van der Waals surface area contributed by atoms with E-state index in [-0.39, 0.29) is 17.6 Å². The molecule has 0 aromatic rings. The van der Waals surface area contributed by atoms with E-state index in [0.29, 0.717) is 0 Å². The topological polar surface area (TPSA) is 0 Å². The zero-order valence-corrected chi connectivity index (χ0v) is 4.12. The molecule has 0 aliphatic heterocycles. The molecule has 0 nitrogen and oxygen atoms in total. The maximum absolute atomic E-state index is 2.21. The van der Waals surface area contributed by atoms with Gasteiger partial charge in [-0.25, -0.2) is 0 Å². The number of rotatable bonds is 2. The molecule has 0 atom stereocenters. The second-order valence-corrected chi connectivity index (χ2v) is 1.35. The van der Waals surface area contributed by atoms with Crippen LogP contribution in [0, 0.1) is 0 Å². The Labute approximate surface area is 51.3 Å². The van der Waals surface area contributed by atoms with E-state index in [2.05, 4.69) is 13.8 Å². The zero-order valence-electron chi connectivity index (χ0n) is 4.12. The molecule has 0 unspecified atom stereocenters. The third-order valence-corrected chi connectivity index (χ3v) is 0.707. The molecule has 0 amide bonds. The van der Waals surface area contributed by atoms with Crippen molar-refractivity contribution < 1.29 is 0 Å². The van der Waals surface area contributed by atoms with Crippen LogP contribution in [-0.4, -0.2) is 17.6 Å². The maximum atomic E-state index is 2.21. The first-order valence-corrected chi connectivity index (χ1v) is 2.41. The molecule has 0 aromatic heterocycles. The van der Waals surface area contributed by atoms with Gasteiger partial charge in [0.25, 0.3) is 0 Å². The fourth-order valence-electron chi connectivity index (χ4n) is 0.354. The molecule has 0 aliphatic rings. The number of hydrogen-bond acceptors (Lipinski definition) is 0. The van der Waals surface area contributed by atoms with Gasteiger partial charge in [-0.1, -0.05) is 33.1 Å². The first-order chi connectivity index (χ1) is 2.41. The Morgan fingerprint density at radius 1 is 1.00 bits per heavy atom. The normalized spacial score (nSPS) is 7.00. The van der Waals surface area contributed by atoms with Gasteiger partial charge in [0, 0.05) is 0 Å². The van der Waals surface area contributed by atoms with Gasteiger partial charge >= 0.3 is 17.6 Å². The van der Waals surface area contributed by atoms with E-state index in [9.17, 15) is 0 Å². The van der Waals surface area contributed by atoms with Crippen molar-refractivity contribution in [3.8, 4) is 0 Å². The Morgan fingerprint density at radius 2 is 1.33 bits per heavy atom. The molecule has 0 heterocycles. The van der Waals surface area contributed by atoms with Crippen molar-refractivity contribution >= 4 is 17.6 Å². The van der Waals surface area contributed by atoms with Crippen molar-refractivity contribution in [2.45, 2.75) is 33.1 Å². The quantitative estimate of drug-likeness (QED) is 0.508. The second kappa shape index (κ2) is 9.11. The van der Waals surface area contributed by atoms with E-state index >= 15 is 0 Å². The van der Waals surface area contributed by atoms with E-state index in [0.717, 1.165) is 0 Å². The van der Waals surface area contributed by atoms with Crippen LogP contribution >= 0.6 is 0 Å². The molecule has 0 bridgehead atoms. The van der Waals surface area contributed by atoms with Crippen molar-refractivity contribution in [2.24, 2.45) is 0 Å². The predicted molar refractivity (Wildman–Crippen MR) is 36.5 cm³/mol. The van der Waals surface area contributed by atoms with Crippen molar-refractivity contribution in [3.63, 3.8) is 0 Å². The summed E-state index contributed by atoms with van der Waals surface area (Å²) < 4.78 is 0. The predicted octanol–water partition coefficient (Wildman–Crippen LogP) is 0.745. The van der Waals surface area contributed by atoms with Crippen LogP contribution in [0.1, 0.15) is 33.1 Å². The summed E-state index contributed by atoms with van der Waals surface area (Å²) in [5, 5.41) is 0. The summed E-state index contributed by atoms with van der Waals surface area (Å²) >= 11 is 0. The van der Waals surface area contributed by atoms with Gasteiger partial charge < -0.3 is 0 Å². The van der Waals surface area contributed by atoms with Crippen LogP contribution in [0.4, 0.5) is 0 Å². The van der Waals surface area contributed by atoms with Gasteiger partial charge in [0.05, 0.1) is 0 Å². The van der Waals surface area contributed by atoms with E-state index in [1.165, 1.54) is 19.3 Å². The molecule has 40 valence electrons. The fourth-order valence-corrected chi connectivity index (χ4v) is 0.354. The number of unbranched alkanes of at least 4 members (excludes halogenated alkanes) is 2. The standard InChI is InChI=1S/C5H12.GeH4/c1-3-5-4-2;/h3-5H2,1-2H3;1H4. The van der Waals surface area contributed by atoms with Crippen molar-refractivity contribution in [2.75, 3.05) is 0 Å². The van der Waals surface area contributed by atoms with Crippen molar-refractivity contribution in [1.29, 1.82) is 0 Å². The van der Waals surface area contributed by atoms with Crippen LogP contribution in [0.5, 0.6) is 0 Å². The molecule has 0 fully saturated rings. The number of hydrogen-bond donors (Lipinski definition) is 0. The molecule has 0 saturated heterocycles. The Hall–Kier alpha value is 0.543.